The number of anilines is 1. The fourth-order valence-corrected chi connectivity index (χ4v) is 3.44. The summed E-state index contributed by atoms with van der Waals surface area (Å²) in [5, 5.41) is 4.96. The number of carbonyl (C=O) groups is 3. The van der Waals surface area contributed by atoms with Gasteiger partial charge in [-0.05, 0) is 36.4 Å². The molecule has 2 rings (SSSR count). The number of methoxy groups -OCH3 is 1. The molecule has 0 aliphatic carbocycles. The van der Waals surface area contributed by atoms with Gasteiger partial charge in [0.2, 0.25) is 15.9 Å². The molecule has 0 heterocycles. The van der Waals surface area contributed by atoms with Gasteiger partial charge in [-0.15, -0.1) is 0 Å². The Hall–Kier alpha value is -3.24. The van der Waals surface area contributed by atoms with Crippen LogP contribution in [0.4, 0.5) is 5.69 Å². The summed E-state index contributed by atoms with van der Waals surface area (Å²) in [6.45, 7) is -0.630. The molecule has 10 heteroatoms. The zero-order chi connectivity index (χ0) is 21.4. The quantitative estimate of drug-likeness (QED) is 0.612. The van der Waals surface area contributed by atoms with Crippen LogP contribution in [0.1, 0.15) is 10.4 Å². The van der Waals surface area contributed by atoms with E-state index >= 15 is 0 Å². The van der Waals surface area contributed by atoms with Crippen LogP contribution in [0.15, 0.2) is 59.5 Å². The molecule has 154 valence electrons. The van der Waals surface area contributed by atoms with E-state index < -0.39 is 27.8 Å². The Bertz CT molecular complexity index is 975. The average Bonchev–Trinajstić information content (AvgIpc) is 2.72. The zero-order valence-corrected chi connectivity index (χ0v) is 16.7. The smallest absolute Gasteiger partial charge is 0.325 e. The Balaban J connectivity index is 1.94. The van der Waals surface area contributed by atoms with E-state index in [-0.39, 0.29) is 23.5 Å². The lowest BCUT2D eigenvalue weighted by Gasteiger charge is -2.17. The molecule has 0 aromatic heterocycles. The van der Waals surface area contributed by atoms with Gasteiger partial charge < -0.3 is 15.4 Å². The summed E-state index contributed by atoms with van der Waals surface area (Å²) in [5.41, 5.74) is 0.681. The maximum absolute atomic E-state index is 12.4. The van der Waals surface area contributed by atoms with Crippen LogP contribution in [-0.4, -0.2) is 57.8 Å². The van der Waals surface area contributed by atoms with Crippen LogP contribution in [0.3, 0.4) is 0 Å². The predicted octanol–water partition coefficient (Wildman–Crippen LogP) is 0.849. The van der Waals surface area contributed by atoms with Crippen molar-refractivity contribution >= 4 is 33.5 Å². The molecule has 2 aromatic rings. The normalized spacial score (nSPS) is 11.0. The number of nitrogens with zero attached hydrogens (tertiary/aromatic N) is 1. The van der Waals surface area contributed by atoms with Crippen LogP contribution in [0, 0.1) is 0 Å². The molecule has 2 aromatic carbocycles. The van der Waals surface area contributed by atoms with Crippen molar-refractivity contribution in [2.24, 2.45) is 0 Å². The molecule has 0 saturated heterocycles. The maximum Gasteiger partial charge on any atom is 0.325 e. The lowest BCUT2D eigenvalue weighted by molar-refractivity contribution is -0.139. The maximum atomic E-state index is 12.4. The van der Waals surface area contributed by atoms with Crippen LogP contribution in [-0.2, 0) is 24.3 Å². The van der Waals surface area contributed by atoms with Gasteiger partial charge in [0.05, 0.1) is 18.6 Å². The predicted molar refractivity (Wildman–Crippen MR) is 106 cm³/mol. The van der Waals surface area contributed by atoms with Crippen molar-refractivity contribution in [2.45, 2.75) is 4.90 Å². The van der Waals surface area contributed by atoms with Crippen LogP contribution in [0.25, 0.3) is 0 Å². The number of esters is 1. The molecule has 0 saturated carbocycles. The number of nitrogens with one attached hydrogen (secondary N) is 2. The minimum absolute atomic E-state index is 0.0950. The molecule has 2 amide bonds. The lowest BCUT2D eigenvalue weighted by atomic mass is 10.2. The van der Waals surface area contributed by atoms with E-state index in [1.165, 1.54) is 50.6 Å². The number of amides is 2. The van der Waals surface area contributed by atoms with E-state index in [0.717, 1.165) is 4.31 Å². The summed E-state index contributed by atoms with van der Waals surface area (Å²) >= 11 is 0. The largest absolute Gasteiger partial charge is 0.468 e. The Labute approximate surface area is 168 Å². The molecule has 0 unspecified atom stereocenters. The third-order valence-corrected chi connectivity index (χ3v) is 5.69. The van der Waals surface area contributed by atoms with Gasteiger partial charge >= 0.3 is 5.97 Å². The number of likely N-dealkylation sites (N-methyl/N-ethyl adjacent to an activating group) is 1. The van der Waals surface area contributed by atoms with E-state index in [9.17, 15) is 22.8 Å². The molecule has 0 radical (unpaired) electrons. The monoisotopic (exact) mass is 419 g/mol. The van der Waals surface area contributed by atoms with Crippen LogP contribution in [0.5, 0.6) is 0 Å². The summed E-state index contributed by atoms with van der Waals surface area (Å²) in [6.07, 6.45) is 0. The third kappa shape index (κ3) is 6.13. The Morgan fingerprint density at radius 3 is 2.21 bits per heavy atom. The van der Waals surface area contributed by atoms with E-state index in [0.29, 0.717) is 5.69 Å². The number of sulfonamides is 1. The Morgan fingerprint density at radius 2 is 1.62 bits per heavy atom. The van der Waals surface area contributed by atoms with E-state index in [1.807, 2.05) is 0 Å². The van der Waals surface area contributed by atoms with Crippen LogP contribution >= 0.6 is 0 Å². The fourth-order valence-electron chi connectivity index (χ4n) is 2.29. The summed E-state index contributed by atoms with van der Waals surface area (Å²) in [6, 6.07) is 13.7. The van der Waals surface area contributed by atoms with E-state index in [4.69, 9.17) is 0 Å². The first-order chi connectivity index (χ1) is 13.7. The van der Waals surface area contributed by atoms with Crippen molar-refractivity contribution in [2.75, 3.05) is 32.6 Å². The highest BCUT2D eigenvalue weighted by atomic mass is 32.2. The second-order valence-corrected chi connectivity index (χ2v) is 8.00. The number of carbonyl (C=O) groups excluding carboxylic acids is 3. The van der Waals surface area contributed by atoms with Gasteiger partial charge in [0.25, 0.3) is 5.91 Å². The number of hydrogen-bond acceptors (Lipinski definition) is 6. The molecular formula is C19H21N3O6S. The first-order valence-electron chi connectivity index (χ1n) is 8.50. The van der Waals surface area contributed by atoms with Crippen LogP contribution in [0.2, 0.25) is 0 Å². The van der Waals surface area contributed by atoms with Crippen molar-refractivity contribution < 1.29 is 27.5 Å². The molecular weight excluding hydrogens is 398 g/mol. The average molecular weight is 419 g/mol. The second kappa shape index (κ2) is 9.80. The van der Waals surface area contributed by atoms with Gasteiger partial charge in [0.1, 0.15) is 6.54 Å². The van der Waals surface area contributed by atoms with Gasteiger partial charge in [-0.25, -0.2) is 8.42 Å². The van der Waals surface area contributed by atoms with Crippen molar-refractivity contribution in [3.8, 4) is 0 Å². The molecule has 2 N–H and O–H groups in total. The summed E-state index contributed by atoms with van der Waals surface area (Å²) < 4.78 is 30.3. The summed E-state index contributed by atoms with van der Waals surface area (Å²) in [4.78, 5) is 35.2. The SMILES string of the molecule is COC(=O)CNC(=O)c1ccc(NC(=O)CN(C)S(=O)(=O)c2ccccc2)cc1. The Kier molecular flexibility index (Phi) is 7.46. The minimum Gasteiger partial charge on any atom is -0.468 e. The molecule has 9 nitrogen and oxygen atoms in total. The van der Waals surface area contributed by atoms with Gasteiger partial charge in [-0.2, -0.15) is 4.31 Å². The van der Waals surface area contributed by atoms with Gasteiger partial charge in [-0.3, -0.25) is 14.4 Å². The summed E-state index contributed by atoms with van der Waals surface area (Å²) in [5.74, 6) is -1.58. The molecule has 0 spiro atoms. The van der Waals surface area contributed by atoms with Crippen molar-refractivity contribution in [1.29, 1.82) is 0 Å². The van der Waals surface area contributed by atoms with E-state index in [1.54, 1.807) is 18.2 Å². The first kappa shape index (κ1) is 22.1. The third-order valence-electron chi connectivity index (χ3n) is 3.87. The van der Waals surface area contributed by atoms with Gasteiger partial charge in [0, 0.05) is 18.3 Å². The van der Waals surface area contributed by atoms with Gasteiger partial charge in [-0.1, -0.05) is 18.2 Å². The second-order valence-electron chi connectivity index (χ2n) is 5.96. The highest BCUT2D eigenvalue weighted by molar-refractivity contribution is 7.89. The molecule has 29 heavy (non-hydrogen) atoms. The molecule has 0 bridgehead atoms. The number of rotatable bonds is 8. The highest BCUT2D eigenvalue weighted by Crippen LogP contribution is 2.14. The number of ether oxygens (including phenoxy) is 1. The van der Waals surface area contributed by atoms with E-state index in [2.05, 4.69) is 15.4 Å². The number of benzene rings is 2. The summed E-state index contributed by atoms with van der Waals surface area (Å²) in [7, 11) is -1.25. The standard InChI is InChI=1S/C19H21N3O6S/c1-22(29(26,27)16-6-4-3-5-7-16)13-17(23)21-15-10-8-14(9-11-15)19(25)20-12-18(24)28-2/h3-11H,12-13H2,1-2H3,(H,20,25)(H,21,23). The first-order valence-corrected chi connectivity index (χ1v) is 9.94. The number of hydrogen-bond donors (Lipinski definition) is 2. The zero-order valence-electron chi connectivity index (χ0n) is 15.9. The molecule has 0 aliphatic heterocycles. The fraction of sp³-hybridized carbons (Fsp3) is 0.211. The topological polar surface area (TPSA) is 122 Å². The van der Waals surface area contributed by atoms with Crippen molar-refractivity contribution in [3.63, 3.8) is 0 Å². The highest BCUT2D eigenvalue weighted by Gasteiger charge is 2.22. The Morgan fingerprint density at radius 1 is 1.00 bits per heavy atom. The minimum atomic E-state index is -3.78. The molecule has 0 fully saturated rings. The lowest BCUT2D eigenvalue weighted by Crippen LogP contribution is -2.35. The van der Waals surface area contributed by atoms with Crippen molar-refractivity contribution in [1.82, 2.24) is 9.62 Å². The molecule has 0 aliphatic rings. The van der Waals surface area contributed by atoms with Crippen LogP contribution < -0.4 is 10.6 Å². The van der Waals surface area contributed by atoms with Crippen molar-refractivity contribution in [3.05, 3.63) is 60.2 Å². The molecule has 0 atom stereocenters. The van der Waals surface area contributed by atoms with Gasteiger partial charge in [0.15, 0.2) is 0 Å².